The van der Waals surface area contributed by atoms with Crippen LogP contribution < -0.4 is 10.9 Å². The Kier molecular flexibility index (Phi) is 4.87. The van der Waals surface area contributed by atoms with Crippen LogP contribution >= 0.6 is 23.2 Å². The van der Waals surface area contributed by atoms with Gasteiger partial charge in [0.15, 0.2) is 5.65 Å². The van der Waals surface area contributed by atoms with E-state index in [0.717, 1.165) is 0 Å². The minimum absolute atomic E-state index is 0.0366. The highest BCUT2D eigenvalue weighted by Crippen LogP contribution is 2.29. The van der Waals surface area contributed by atoms with Gasteiger partial charge in [-0.3, -0.25) is 19.9 Å². The standard InChI is InChI=1S/C19H11Cl2N5O3/c20-11-3-6-15(14(21)9-11)23-19-24-17-16(18(27)25-19)13(7-8-22-17)10-1-4-12(5-2-10)26(28)29/h1-9H,(H2,22,23,24,25,27). The van der Waals surface area contributed by atoms with Crippen molar-refractivity contribution in [2.75, 3.05) is 5.32 Å². The van der Waals surface area contributed by atoms with Gasteiger partial charge in [0.2, 0.25) is 5.95 Å². The lowest BCUT2D eigenvalue weighted by atomic mass is 10.0. The average molecular weight is 428 g/mol. The van der Waals surface area contributed by atoms with Gasteiger partial charge in [0.05, 0.1) is 21.0 Å². The van der Waals surface area contributed by atoms with E-state index < -0.39 is 10.5 Å². The lowest BCUT2D eigenvalue weighted by Gasteiger charge is -2.10. The van der Waals surface area contributed by atoms with E-state index >= 15 is 0 Å². The lowest BCUT2D eigenvalue weighted by molar-refractivity contribution is -0.384. The molecule has 0 saturated heterocycles. The zero-order chi connectivity index (χ0) is 20.5. The number of benzene rings is 2. The van der Waals surface area contributed by atoms with E-state index in [1.807, 2.05) is 0 Å². The Hall–Kier alpha value is -3.49. The normalized spacial score (nSPS) is 10.8. The molecule has 0 spiro atoms. The number of non-ortho nitro benzene ring substituents is 1. The van der Waals surface area contributed by atoms with Crippen LogP contribution in [0.15, 0.2) is 59.5 Å². The molecule has 29 heavy (non-hydrogen) atoms. The van der Waals surface area contributed by atoms with E-state index in [-0.39, 0.29) is 22.7 Å². The van der Waals surface area contributed by atoms with Gasteiger partial charge in [0.25, 0.3) is 11.2 Å². The molecule has 0 bridgehead atoms. The highest BCUT2D eigenvalue weighted by Gasteiger charge is 2.13. The second kappa shape index (κ2) is 7.50. The molecule has 0 unspecified atom stereocenters. The molecule has 0 aliphatic rings. The van der Waals surface area contributed by atoms with Crippen molar-refractivity contribution in [2.45, 2.75) is 0 Å². The van der Waals surface area contributed by atoms with Crippen molar-refractivity contribution >= 4 is 51.6 Å². The van der Waals surface area contributed by atoms with Crippen molar-refractivity contribution < 1.29 is 4.92 Å². The van der Waals surface area contributed by atoms with Gasteiger partial charge in [-0.1, -0.05) is 23.2 Å². The number of fused-ring (bicyclic) bond motifs is 1. The number of nitro benzene ring substituents is 1. The summed E-state index contributed by atoms with van der Waals surface area (Å²) in [7, 11) is 0. The summed E-state index contributed by atoms with van der Waals surface area (Å²) in [6.07, 6.45) is 1.52. The third-order valence-electron chi connectivity index (χ3n) is 4.18. The Morgan fingerprint density at radius 1 is 1.07 bits per heavy atom. The van der Waals surface area contributed by atoms with Crippen LogP contribution in [0.4, 0.5) is 17.3 Å². The van der Waals surface area contributed by atoms with Crippen LogP contribution in [0.2, 0.25) is 10.0 Å². The summed E-state index contributed by atoms with van der Waals surface area (Å²) in [5.74, 6) is 0.167. The Balaban J connectivity index is 1.78. The molecular weight excluding hydrogens is 417 g/mol. The third kappa shape index (κ3) is 3.75. The minimum Gasteiger partial charge on any atom is -0.324 e. The fourth-order valence-corrected chi connectivity index (χ4v) is 3.30. The van der Waals surface area contributed by atoms with Crippen LogP contribution in [0.3, 0.4) is 0 Å². The number of aromatic amines is 1. The number of H-pyrrole nitrogens is 1. The molecule has 4 rings (SSSR count). The topological polar surface area (TPSA) is 114 Å². The molecule has 2 aromatic carbocycles. The first-order valence-electron chi connectivity index (χ1n) is 8.28. The molecule has 0 radical (unpaired) electrons. The third-order valence-corrected chi connectivity index (χ3v) is 4.73. The van der Waals surface area contributed by atoms with Crippen molar-refractivity contribution in [3.63, 3.8) is 0 Å². The van der Waals surface area contributed by atoms with Crippen LogP contribution in [-0.2, 0) is 0 Å². The van der Waals surface area contributed by atoms with Crippen molar-refractivity contribution in [1.29, 1.82) is 0 Å². The first kappa shape index (κ1) is 18.9. The lowest BCUT2D eigenvalue weighted by Crippen LogP contribution is -2.13. The van der Waals surface area contributed by atoms with Crippen molar-refractivity contribution in [3.8, 4) is 11.1 Å². The summed E-state index contributed by atoms with van der Waals surface area (Å²) in [6.45, 7) is 0. The Morgan fingerprint density at radius 2 is 1.83 bits per heavy atom. The quantitative estimate of drug-likeness (QED) is 0.352. The van der Waals surface area contributed by atoms with Crippen LogP contribution in [0.1, 0.15) is 0 Å². The SMILES string of the molecule is O=c1[nH]c(Nc2ccc(Cl)cc2Cl)nc2nccc(-c3ccc([N+](=O)[O-])cc3)c12. The second-order valence-corrected chi connectivity index (χ2v) is 6.87. The van der Waals surface area contributed by atoms with Crippen molar-refractivity contribution in [1.82, 2.24) is 15.0 Å². The number of halogens is 2. The minimum atomic E-state index is -0.483. The molecule has 0 saturated carbocycles. The largest absolute Gasteiger partial charge is 0.324 e. The van der Waals surface area contributed by atoms with Crippen LogP contribution in [0.5, 0.6) is 0 Å². The molecule has 0 aliphatic heterocycles. The highest BCUT2D eigenvalue weighted by atomic mass is 35.5. The van der Waals surface area contributed by atoms with Gasteiger partial charge >= 0.3 is 0 Å². The summed E-state index contributed by atoms with van der Waals surface area (Å²) in [4.78, 5) is 34.3. The van der Waals surface area contributed by atoms with Gasteiger partial charge in [0.1, 0.15) is 0 Å². The first-order chi connectivity index (χ1) is 13.9. The molecule has 10 heteroatoms. The first-order valence-corrected chi connectivity index (χ1v) is 9.04. The van der Waals surface area contributed by atoms with Crippen LogP contribution in [-0.4, -0.2) is 19.9 Å². The zero-order valence-corrected chi connectivity index (χ0v) is 16.0. The molecule has 0 fully saturated rings. The predicted molar refractivity (Wildman–Crippen MR) is 112 cm³/mol. The Bertz CT molecular complexity index is 1310. The zero-order valence-electron chi connectivity index (χ0n) is 14.5. The molecule has 8 nitrogen and oxygen atoms in total. The molecule has 4 aromatic rings. The van der Waals surface area contributed by atoms with Crippen molar-refractivity contribution in [2.24, 2.45) is 0 Å². The summed E-state index contributed by atoms with van der Waals surface area (Å²) < 4.78 is 0. The molecule has 0 aliphatic carbocycles. The summed E-state index contributed by atoms with van der Waals surface area (Å²) >= 11 is 12.0. The molecular formula is C19H11Cl2N5O3. The smallest absolute Gasteiger partial charge is 0.269 e. The number of anilines is 2. The maximum absolute atomic E-state index is 12.8. The van der Waals surface area contributed by atoms with E-state index in [4.69, 9.17) is 23.2 Å². The summed E-state index contributed by atoms with van der Waals surface area (Å²) in [5.41, 5.74) is 1.49. The van der Waals surface area contributed by atoms with E-state index in [2.05, 4.69) is 20.3 Å². The van der Waals surface area contributed by atoms with Gasteiger partial charge in [-0.05, 0) is 47.5 Å². The van der Waals surface area contributed by atoms with Crippen LogP contribution in [0, 0.1) is 10.1 Å². The summed E-state index contributed by atoms with van der Waals surface area (Å²) in [5, 5.41) is 14.9. The Morgan fingerprint density at radius 3 is 2.52 bits per heavy atom. The number of nitro groups is 1. The summed E-state index contributed by atoms with van der Waals surface area (Å²) in [6, 6.07) is 12.4. The predicted octanol–water partition coefficient (Wildman–Crippen LogP) is 4.94. The van der Waals surface area contributed by atoms with Gasteiger partial charge in [-0.25, -0.2) is 4.98 Å². The fourth-order valence-electron chi connectivity index (χ4n) is 2.84. The van der Waals surface area contributed by atoms with E-state index in [0.29, 0.717) is 26.9 Å². The van der Waals surface area contributed by atoms with Crippen LogP contribution in [0.25, 0.3) is 22.2 Å². The van der Waals surface area contributed by atoms with E-state index in [9.17, 15) is 14.9 Å². The van der Waals surface area contributed by atoms with Gasteiger partial charge in [0, 0.05) is 23.4 Å². The molecule has 2 N–H and O–H groups in total. The van der Waals surface area contributed by atoms with Gasteiger partial charge in [-0.15, -0.1) is 0 Å². The highest BCUT2D eigenvalue weighted by molar-refractivity contribution is 6.36. The maximum atomic E-state index is 12.8. The number of nitrogens with zero attached hydrogens (tertiary/aromatic N) is 3. The molecule has 0 atom stereocenters. The monoisotopic (exact) mass is 427 g/mol. The molecule has 2 aromatic heterocycles. The Labute approximate surface area is 173 Å². The number of pyridine rings is 1. The number of rotatable bonds is 4. The number of aromatic nitrogens is 3. The van der Waals surface area contributed by atoms with Gasteiger partial charge < -0.3 is 5.32 Å². The number of nitrogens with one attached hydrogen (secondary N) is 2. The van der Waals surface area contributed by atoms with Gasteiger partial charge in [-0.2, -0.15) is 4.98 Å². The number of hydrogen-bond donors (Lipinski definition) is 2. The van der Waals surface area contributed by atoms with Crippen molar-refractivity contribution in [3.05, 3.63) is 85.2 Å². The average Bonchev–Trinajstić information content (AvgIpc) is 2.70. The van der Waals surface area contributed by atoms with E-state index in [1.54, 1.807) is 36.4 Å². The maximum Gasteiger partial charge on any atom is 0.269 e. The van der Waals surface area contributed by atoms with E-state index in [1.165, 1.54) is 18.3 Å². The number of hydrogen-bond acceptors (Lipinski definition) is 6. The molecule has 0 amide bonds. The molecule has 144 valence electrons. The second-order valence-electron chi connectivity index (χ2n) is 6.02. The molecule has 2 heterocycles. The fraction of sp³-hybridized carbons (Fsp3) is 0.